The highest BCUT2D eigenvalue weighted by Crippen LogP contribution is 2.31. The molecule has 1 aliphatic rings. The molecule has 1 aliphatic heterocycles. The number of nitrogens with one attached hydrogen (secondary N) is 1. The first kappa shape index (κ1) is 15.4. The van der Waals surface area contributed by atoms with Gasteiger partial charge in [0.2, 0.25) is 0 Å². The van der Waals surface area contributed by atoms with Gasteiger partial charge in [-0.25, -0.2) is 9.18 Å². The summed E-state index contributed by atoms with van der Waals surface area (Å²) >= 11 is 0. The summed E-state index contributed by atoms with van der Waals surface area (Å²) in [6.07, 6.45) is 0.932. The van der Waals surface area contributed by atoms with Gasteiger partial charge in [-0.2, -0.15) is 0 Å². The number of aromatic hydroxyl groups is 1. The molecule has 0 aliphatic carbocycles. The van der Waals surface area contributed by atoms with Crippen LogP contribution in [0.4, 0.5) is 10.1 Å². The van der Waals surface area contributed by atoms with E-state index in [0.29, 0.717) is 0 Å². The number of aromatic carboxylic acids is 1. The largest absolute Gasteiger partial charge is 0.505 e. The summed E-state index contributed by atoms with van der Waals surface area (Å²) in [6.45, 7) is -0.612. The fraction of sp³-hybridized carbons (Fsp3) is 0.154. The van der Waals surface area contributed by atoms with E-state index in [9.17, 15) is 23.9 Å². The molecular formula is C13H11FN2O6. The number of carbonyl (C=O) groups is 3. The summed E-state index contributed by atoms with van der Waals surface area (Å²) < 4.78 is 13.4. The Morgan fingerprint density at radius 3 is 2.59 bits per heavy atom. The third-order valence-corrected chi connectivity index (χ3v) is 2.94. The molecule has 8 nitrogen and oxygen atoms in total. The molecule has 2 amide bonds. The molecular weight excluding hydrogens is 299 g/mol. The number of imide groups is 1. The number of anilines is 1. The highest BCUT2D eigenvalue weighted by molar-refractivity contribution is 6.17. The summed E-state index contributed by atoms with van der Waals surface area (Å²) in [6, 6.07) is 1.84. The fourth-order valence-corrected chi connectivity index (χ4v) is 1.93. The number of β-amino-alcohol motifs (C(OH)–C–C–N with tert-alkyl or cyclic N) is 1. The lowest BCUT2D eigenvalue weighted by Gasteiger charge is -2.14. The Morgan fingerprint density at radius 1 is 1.32 bits per heavy atom. The van der Waals surface area contributed by atoms with Crippen LogP contribution in [0.3, 0.4) is 0 Å². The summed E-state index contributed by atoms with van der Waals surface area (Å²) in [5, 5.41) is 29.8. The van der Waals surface area contributed by atoms with E-state index in [1.807, 2.05) is 0 Å². The van der Waals surface area contributed by atoms with Crippen molar-refractivity contribution in [3.8, 4) is 5.75 Å². The van der Waals surface area contributed by atoms with Crippen molar-refractivity contribution in [3.63, 3.8) is 0 Å². The molecule has 4 N–H and O–H groups in total. The van der Waals surface area contributed by atoms with Crippen LogP contribution in [0.25, 0.3) is 0 Å². The Labute approximate surface area is 123 Å². The Balaban J connectivity index is 2.31. The number of hydrogen-bond donors (Lipinski definition) is 4. The summed E-state index contributed by atoms with van der Waals surface area (Å²) in [5.74, 6) is -5.13. The van der Waals surface area contributed by atoms with Gasteiger partial charge in [-0.15, -0.1) is 0 Å². The average molecular weight is 310 g/mol. The number of benzene rings is 1. The molecule has 116 valence electrons. The highest BCUT2D eigenvalue weighted by atomic mass is 19.1. The fourth-order valence-electron chi connectivity index (χ4n) is 1.93. The van der Waals surface area contributed by atoms with E-state index >= 15 is 0 Å². The van der Waals surface area contributed by atoms with Gasteiger partial charge in [-0.1, -0.05) is 0 Å². The van der Waals surface area contributed by atoms with Gasteiger partial charge in [-0.3, -0.25) is 14.5 Å². The second-order valence-electron chi connectivity index (χ2n) is 4.33. The van der Waals surface area contributed by atoms with Crippen molar-refractivity contribution < 1.29 is 34.1 Å². The Kier molecular flexibility index (Phi) is 4.08. The summed E-state index contributed by atoms with van der Waals surface area (Å²) in [7, 11) is 0. The molecule has 9 heteroatoms. The van der Waals surface area contributed by atoms with Crippen LogP contribution < -0.4 is 5.32 Å². The third-order valence-electron chi connectivity index (χ3n) is 2.94. The standard InChI is InChI=1S/C13H11FN2O6/c14-6-1-2-7(11(19)10(6)13(21)22)15-8-5-9(18)16(3-4-17)12(8)20/h1-2,5,15,17,19H,3-4H2,(H,21,22). The number of aliphatic hydroxyl groups is 1. The zero-order chi connectivity index (χ0) is 16.4. The minimum atomic E-state index is -1.68. The minimum absolute atomic E-state index is 0.199. The van der Waals surface area contributed by atoms with Crippen molar-refractivity contribution in [2.75, 3.05) is 18.5 Å². The van der Waals surface area contributed by atoms with E-state index in [4.69, 9.17) is 10.2 Å². The number of carboxylic acid groups (broad SMARTS) is 1. The molecule has 0 atom stereocenters. The lowest BCUT2D eigenvalue weighted by molar-refractivity contribution is -0.137. The van der Waals surface area contributed by atoms with Gasteiger partial charge >= 0.3 is 5.97 Å². The van der Waals surface area contributed by atoms with Crippen molar-refractivity contribution in [1.29, 1.82) is 0 Å². The maximum atomic E-state index is 13.4. The molecule has 1 heterocycles. The van der Waals surface area contributed by atoms with Crippen molar-refractivity contribution in [1.82, 2.24) is 4.90 Å². The van der Waals surface area contributed by atoms with Gasteiger partial charge in [0.15, 0.2) is 5.75 Å². The first-order valence-corrected chi connectivity index (χ1v) is 6.07. The normalized spacial score (nSPS) is 14.3. The van der Waals surface area contributed by atoms with Crippen LogP contribution in [0, 0.1) is 5.82 Å². The molecule has 0 aromatic heterocycles. The Bertz CT molecular complexity index is 700. The zero-order valence-electron chi connectivity index (χ0n) is 11.0. The average Bonchev–Trinajstić information content (AvgIpc) is 2.70. The van der Waals surface area contributed by atoms with E-state index in [-0.39, 0.29) is 17.9 Å². The van der Waals surface area contributed by atoms with Gasteiger partial charge in [-0.05, 0) is 12.1 Å². The monoisotopic (exact) mass is 310 g/mol. The molecule has 1 aromatic rings. The van der Waals surface area contributed by atoms with E-state index in [0.717, 1.165) is 23.1 Å². The van der Waals surface area contributed by atoms with Crippen LogP contribution in [0.15, 0.2) is 23.9 Å². The molecule has 0 fully saturated rings. The third kappa shape index (κ3) is 2.61. The Hall–Kier alpha value is -2.94. The second kappa shape index (κ2) is 5.82. The van der Waals surface area contributed by atoms with Gasteiger partial charge in [0, 0.05) is 6.08 Å². The molecule has 0 bridgehead atoms. The molecule has 2 rings (SSSR count). The van der Waals surface area contributed by atoms with Crippen LogP contribution in [-0.2, 0) is 9.59 Å². The molecule has 0 radical (unpaired) electrons. The first-order valence-electron chi connectivity index (χ1n) is 6.07. The lowest BCUT2D eigenvalue weighted by Crippen LogP contribution is -2.34. The SMILES string of the molecule is O=C(O)c1c(F)ccc(NC2=CC(=O)N(CCO)C2=O)c1O. The lowest BCUT2D eigenvalue weighted by atomic mass is 10.1. The van der Waals surface area contributed by atoms with E-state index < -0.39 is 41.5 Å². The number of amides is 2. The maximum absolute atomic E-state index is 13.4. The number of aliphatic hydroxyl groups excluding tert-OH is 1. The predicted octanol–water partition coefficient (Wildman–Crippen LogP) is -0.114. The second-order valence-corrected chi connectivity index (χ2v) is 4.33. The van der Waals surface area contributed by atoms with E-state index in [1.54, 1.807) is 0 Å². The maximum Gasteiger partial charge on any atom is 0.342 e. The molecule has 0 saturated carbocycles. The molecule has 0 unspecified atom stereocenters. The predicted molar refractivity (Wildman–Crippen MR) is 70.5 cm³/mol. The summed E-state index contributed by atoms with van der Waals surface area (Å²) in [5.41, 5.74) is -1.41. The van der Waals surface area contributed by atoms with Gasteiger partial charge in [0.1, 0.15) is 17.1 Å². The van der Waals surface area contributed by atoms with Crippen molar-refractivity contribution in [2.24, 2.45) is 0 Å². The zero-order valence-corrected chi connectivity index (χ0v) is 11.0. The quantitative estimate of drug-likeness (QED) is 0.441. The molecule has 0 saturated heterocycles. The summed E-state index contributed by atoms with van der Waals surface area (Å²) in [4.78, 5) is 35.1. The van der Waals surface area contributed by atoms with Gasteiger partial charge in [0.25, 0.3) is 11.8 Å². The van der Waals surface area contributed by atoms with E-state index in [1.165, 1.54) is 0 Å². The van der Waals surface area contributed by atoms with Crippen LogP contribution in [0.1, 0.15) is 10.4 Å². The van der Waals surface area contributed by atoms with Crippen LogP contribution in [0.5, 0.6) is 5.75 Å². The number of nitrogens with zero attached hydrogens (tertiary/aromatic N) is 1. The van der Waals surface area contributed by atoms with Gasteiger partial charge < -0.3 is 20.6 Å². The van der Waals surface area contributed by atoms with Crippen LogP contribution >= 0.6 is 0 Å². The van der Waals surface area contributed by atoms with Crippen molar-refractivity contribution in [3.05, 3.63) is 35.3 Å². The van der Waals surface area contributed by atoms with Crippen LogP contribution in [0.2, 0.25) is 0 Å². The minimum Gasteiger partial charge on any atom is -0.505 e. The first-order chi connectivity index (χ1) is 10.4. The molecule has 1 aromatic carbocycles. The molecule has 0 spiro atoms. The van der Waals surface area contributed by atoms with Crippen molar-refractivity contribution >= 4 is 23.5 Å². The number of halogens is 1. The van der Waals surface area contributed by atoms with E-state index in [2.05, 4.69) is 5.32 Å². The Morgan fingerprint density at radius 2 is 2.00 bits per heavy atom. The molecule has 22 heavy (non-hydrogen) atoms. The number of phenols is 1. The number of hydrogen-bond acceptors (Lipinski definition) is 6. The topological polar surface area (TPSA) is 127 Å². The van der Waals surface area contributed by atoms with Crippen molar-refractivity contribution in [2.45, 2.75) is 0 Å². The van der Waals surface area contributed by atoms with Gasteiger partial charge in [0.05, 0.1) is 18.8 Å². The van der Waals surface area contributed by atoms with Crippen LogP contribution in [-0.4, -0.2) is 51.2 Å². The number of carbonyl (C=O) groups excluding carboxylic acids is 2. The highest BCUT2D eigenvalue weighted by Gasteiger charge is 2.31. The number of carboxylic acids is 1. The number of rotatable bonds is 5. The smallest absolute Gasteiger partial charge is 0.342 e.